The number of imide groups is 1. The zero-order chi connectivity index (χ0) is 19.2. The number of carbonyl (C=O) groups excluding carboxylic acids is 3. The summed E-state index contributed by atoms with van der Waals surface area (Å²) in [6.45, 7) is 6.28. The maximum atomic E-state index is 12.8. The summed E-state index contributed by atoms with van der Waals surface area (Å²) in [7, 11) is 1.64. The van der Waals surface area contributed by atoms with Gasteiger partial charge in [-0.2, -0.15) is 0 Å². The smallest absolute Gasteiger partial charge is 0.325 e. The molecule has 0 atom stereocenters. The Hall–Kier alpha value is -1.67. The highest BCUT2D eigenvalue weighted by atomic mass is 16.5. The second-order valence-electron chi connectivity index (χ2n) is 7.21. The molecule has 2 aliphatic rings. The van der Waals surface area contributed by atoms with Crippen molar-refractivity contribution in [2.75, 3.05) is 46.6 Å². The van der Waals surface area contributed by atoms with Crippen LogP contribution in [0.25, 0.3) is 0 Å². The van der Waals surface area contributed by atoms with Crippen LogP contribution in [0.3, 0.4) is 0 Å². The first-order chi connectivity index (χ1) is 12.4. The predicted molar refractivity (Wildman–Crippen MR) is 95.6 cm³/mol. The molecule has 2 rings (SSSR count). The normalized spacial score (nSPS) is 25.7. The van der Waals surface area contributed by atoms with Gasteiger partial charge in [0.2, 0.25) is 5.91 Å². The number of nitrogens with zero attached hydrogens (tertiary/aromatic N) is 2. The Kier molecular flexibility index (Phi) is 7.40. The molecule has 0 aromatic carbocycles. The summed E-state index contributed by atoms with van der Waals surface area (Å²) < 4.78 is 10.6. The topological polar surface area (TPSA) is 88.2 Å². The Labute approximate surface area is 155 Å². The summed E-state index contributed by atoms with van der Waals surface area (Å²) in [4.78, 5) is 39.9. The first kappa shape index (κ1) is 20.6. The van der Waals surface area contributed by atoms with Gasteiger partial charge in [-0.3, -0.25) is 14.5 Å². The summed E-state index contributed by atoms with van der Waals surface area (Å²) >= 11 is 0. The number of carbonyl (C=O) groups is 3. The van der Waals surface area contributed by atoms with Crippen LogP contribution >= 0.6 is 0 Å². The fourth-order valence-corrected chi connectivity index (χ4v) is 3.36. The molecule has 8 nitrogen and oxygen atoms in total. The number of nitrogens with one attached hydrogen (secondary N) is 1. The van der Waals surface area contributed by atoms with E-state index in [0.717, 1.165) is 17.7 Å². The van der Waals surface area contributed by atoms with E-state index in [1.807, 2.05) is 6.92 Å². The molecule has 148 valence electrons. The second-order valence-corrected chi connectivity index (χ2v) is 7.21. The zero-order valence-electron chi connectivity index (χ0n) is 16.1. The van der Waals surface area contributed by atoms with Gasteiger partial charge in [0.15, 0.2) is 0 Å². The zero-order valence-corrected chi connectivity index (χ0v) is 16.1. The van der Waals surface area contributed by atoms with Gasteiger partial charge in [-0.1, -0.05) is 6.92 Å². The fraction of sp³-hybridized carbons (Fsp3) is 0.833. The van der Waals surface area contributed by atoms with Crippen molar-refractivity contribution in [1.82, 2.24) is 15.1 Å². The third-order valence-corrected chi connectivity index (χ3v) is 5.24. The number of amides is 4. The van der Waals surface area contributed by atoms with Crippen molar-refractivity contribution in [3.8, 4) is 0 Å². The molecule has 2 fully saturated rings. The molecule has 8 heteroatoms. The highest BCUT2D eigenvalue weighted by Crippen LogP contribution is 2.36. The average molecular weight is 369 g/mol. The van der Waals surface area contributed by atoms with Crippen LogP contribution in [0, 0.1) is 5.92 Å². The van der Waals surface area contributed by atoms with Gasteiger partial charge in [-0.15, -0.1) is 0 Å². The standard InChI is InChI=1S/C18H31N3O5/c1-4-25-11-12-26-10-9-20(3)15(22)13-21-16(23)18(19-17(21)24)7-5-14(2)6-8-18/h14H,4-13H2,1-3H3,(H,19,24). The predicted octanol–water partition coefficient (Wildman–Crippen LogP) is 0.999. The van der Waals surface area contributed by atoms with Crippen molar-refractivity contribution in [1.29, 1.82) is 0 Å². The van der Waals surface area contributed by atoms with Gasteiger partial charge in [-0.05, 0) is 38.5 Å². The van der Waals surface area contributed by atoms with Crippen molar-refractivity contribution in [3.63, 3.8) is 0 Å². The molecule has 1 spiro atoms. The van der Waals surface area contributed by atoms with E-state index in [9.17, 15) is 14.4 Å². The van der Waals surface area contributed by atoms with Crippen LogP contribution in [0.4, 0.5) is 4.79 Å². The van der Waals surface area contributed by atoms with Gasteiger partial charge in [0.05, 0.1) is 19.8 Å². The molecule has 4 amide bonds. The quantitative estimate of drug-likeness (QED) is 0.484. The van der Waals surface area contributed by atoms with Crippen molar-refractivity contribution < 1.29 is 23.9 Å². The molecule has 1 heterocycles. The first-order valence-corrected chi connectivity index (χ1v) is 9.43. The Balaban J connectivity index is 1.79. The molecule has 0 unspecified atom stereocenters. The highest BCUT2D eigenvalue weighted by Gasteiger charge is 2.52. The summed E-state index contributed by atoms with van der Waals surface area (Å²) in [5.74, 6) is 0.0297. The molecule has 0 aromatic rings. The van der Waals surface area contributed by atoms with E-state index in [1.165, 1.54) is 4.90 Å². The van der Waals surface area contributed by atoms with E-state index in [1.54, 1.807) is 7.05 Å². The van der Waals surface area contributed by atoms with E-state index >= 15 is 0 Å². The molecule has 0 aromatic heterocycles. The molecular weight excluding hydrogens is 338 g/mol. The molecule has 1 aliphatic heterocycles. The summed E-state index contributed by atoms with van der Waals surface area (Å²) in [6, 6.07) is -0.459. The number of urea groups is 1. The Morgan fingerprint density at radius 3 is 2.54 bits per heavy atom. The average Bonchev–Trinajstić information content (AvgIpc) is 2.84. The maximum absolute atomic E-state index is 12.8. The lowest BCUT2D eigenvalue weighted by Gasteiger charge is -2.33. The van der Waals surface area contributed by atoms with Crippen LogP contribution in [-0.4, -0.2) is 79.7 Å². The molecule has 26 heavy (non-hydrogen) atoms. The third-order valence-electron chi connectivity index (χ3n) is 5.24. The van der Waals surface area contributed by atoms with Crippen LogP contribution in [0.2, 0.25) is 0 Å². The van der Waals surface area contributed by atoms with Gasteiger partial charge in [0.1, 0.15) is 12.1 Å². The van der Waals surface area contributed by atoms with Crippen molar-refractivity contribution >= 4 is 17.8 Å². The van der Waals surface area contributed by atoms with E-state index < -0.39 is 11.6 Å². The van der Waals surface area contributed by atoms with Crippen molar-refractivity contribution in [2.24, 2.45) is 5.92 Å². The number of rotatable bonds is 9. The molecule has 1 saturated heterocycles. The van der Waals surface area contributed by atoms with Gasteiger partial charge >= 0.3 is 6.03 Å². The third kappa shape index (κ3) is 4.94. The molecule has 0 bridgehead atoms. The molecule has 1 aliphatic carbocycles. The molecule has 1 saturated carbocycles. The van der Waals surface area contributed by atoms with Gasteiger partial charge in [0, 0.05) is 20.2 Å². The lowest BCUT2D eigenvalue weighted by Crippen LogP contribution is -2.50. The number of hydrogen-bond donors (Lipinski definition) is 1. The minimum atomic E-state index is -0.801. The van der Waals surface area contributed by atoms with Crippen LogP contribution in [0.15, 0.2) is 0 Å². The van der Waals surface area contributed by atoms with E-state index in [4.69, 9.17) is 9.47 Å². The minimum Gasteiger partial charge on any atom is -0.379 e. The lowest BCUT2D eigenvalue weighted by molar-refractivity contribution is -0.139. The molecular formula is C18H31N3O5. The Morgan fingerprint density at radius 1 is 1.23 bits per heavy atom. The summed E-state index contributed by atoms with van der Waals surface area (Å²) in [5.41, 5.74) is -0.801. The minimum absolute atomic E-state index is 0.225. The first-order valence-electron chi connectivity index (χ1n) is 9.43. The number of hydrogen-bond acceptors (Lipinski definition) is 5. The highest BCUT2D eigenvalue weighted by molar-refractivity contribution is 6.09. The van der Waals surface area contributed by atoms with E-state index in [0.29, 0.717) is 51.7 Å². The SMILES string of the molecule is CCOCCOCCN(C)C(=O)CN1C(=O)NC2(CCC(C)CC2)C1=O. The Morgan fingerprint density at radius 2 is 1.88 bits per heavy atom. The largest absolute Gasteiger partial charge is 0.379 e. The Bertz CT molecular complexity index is 517. The van der Waals surface area contributed by atoms with Gasteiger partial charge in [0.25, 0.3) is 5.91 Å². The van der Waals surface area contributed by atoms with Crippen LogP contribution in [0.1, 0.15) is 39.5 Å². The molecule has 1 N–H and O–H groups in total. The molecule has 0 radical (unpaired) electrons. The summed E-state index contributed by atoms with van der Waals surface area (Å²) in [6.07, 6.45) is 3.11. The lowest BCUT2D eigenvalue weighted by atomic mass is 9.77. The monoisotopic (exact) mass is 369 g/mol. The van der Waals surface area contributed by atoms with Crippen LogP contribution < -0.4 is 5.32 Å². The summed E-state index contributed by atoms with van der Waals surface area (Å²) in [5, 5.41) is 2.83. The van der Waals surface area contributed by atoms with Gasteiger partial charge in [-0.25, -0.2) is 4.79 Å². The number of ether oxygens (including phenoxy) is 2. The van der Waals surface area contributed by atoms with E-state index in [2.05, 4.69) is 12.2 Å². The second kappa shape index (κ2) is 9.32. The van der Waals surface area contributed by atoms with Crippen molar-refractivity contribution in [3.05, 3.63) is 0 Å². The van der Waals surface area contributed by atoms with Crippen LogP contribution in [-0.2, 0) is 19.1 Å². The van der Waals surface area contributed by atoms with E-state index in [-0.39, 0.29) is 18.4 Å². The van der Waals surface area contributed by atoms with Crippen LogP contribution in [0.5, 0.6) is 0 Å². The fourth-order valence-electron chi connectivity index (χ4n) is 3.36. The van der Waals surface area contributed by atoms with Crippen molar-refractivity contribution in [2.45, 2.75) is 45.1 Å². The van der Waals surface area contributed by atoms with Gasteiger partial charge < -0.3 is 19.7 Å². The maximum Gasteiger partial charge on any atom is 0.325 e. The number of likely N-dealkylation sites (N-methyl/N-ethyl adjacent to an activating group) is 1.